The number of carbonyl (C=O) groups is 1. The number of halogens is 1. The number of benzene rings is 1. The summed E-state index contributed by atoms with van der Waals surface area (Å²) in [6, 6.07) is 6.41. The van der Waals surface area contributed by atoms with Gasteiger partial charge in [-0.1, -0.05) is 24.3 Å². The van der Waals surface area contributed by atoms with Crippen LogP contribution in [0, 0.1) is 0 Å². The van der Waals surface area contributed by atoms with Crippen molar-refractivity contribution in [1.82, 2.24) is 0 Å². The topological polar surface area (TPSA) is 77.8 Å². The lowest BCUT2D eigenvalue weighted by atomic mass is 10.0. The fraction of sp³-hybridized carbons (Fsp3) is 0.300. The molecule has 0 saturated carbocycles. The van der Waals surface area contributed by atoms with Gasteiger partial charge in [0.25, 0.3) is 0 Å². The van der Waals surface area contributed by atoms with Gasteiger partial charge >= 0.3 is 5.97 Å². The molecule has 0 amide bonds. The van der Waals surface area contributed by atoms with E-state index < -0.39 is 18.2 Å². The summed E-state index contributed by atoms with van der Waals surface area (Å²) in [5, 5.41) is 27.0. The first-order valence-corrected chi connectivity index (χ1v) is 4.83. The summed E-state index contributed by atoms with van der Waals surface area (Å²) in [4.78, 5) is 10.4. The Morgan fingerprint density at radius 1 is 1.27 bits per heavy atom. The van der Waals surface area contributed by atoms with Gasteiger partial charge in [-0.2, -0.15) is 0 Å². The van der Waals surface area contributed by atoms with E-state index >= 15 is 0 Å². The lowest BCUT2D eigenvalue weighted by Crippen LogP contribution is -2.27. The first-order valence-electron chi connectivity index (χ1n) is 4.30. The number of hydrogen-bond donors (Lipinski definition) is 3. The Bertz CT molecular complexity index is 336. The van der Waals surface area contributed by atoms with E-state index in [1.165, 1.54) is 12.1 Å². The van der Waals surface area contributed by atoms with Crippen LogP contribution in [-0.4, -0.2) is 27.4 Å². The molecule has 2 atom stereocenters. The molecule has 0 aliphatic carbocycles. The van der Waals surface area contributed by atoms with Crippen molar-refractivity contribution in [2.24, 2.45) is 0 Å². The zero-order valence-electron chi connectivity index (χ0n) is 7.80. The van der Waals surface area contributed by atoms with Gasteiger partial charge in [0.15, 0.2) is 6.10 Å². The van der Waals surface area contributed by atoms with E-state index in [9.17, 15) is 9.90 Å². The smallest absolute Gasteiger partial charge is 0.335 e. The minimum absolute atomic E-state index is 0.345. The van der Waals surface area contributed by atoms with Crippen LogP contribution in [0.25, 0.3) is 0 Å². The highest BCUT2D eigenvalue weighted by Gasteiger charge is 2.24. The van der Waals surface area contributed by atoms with E-state index in [1.54, 1.807) is 12.1 Å². The molecule has 2 unspecified atom stereocenters. The molecule has 1 aromatic rings. The van der Waals surface area contributed by atoms with Gasteiger partial charge in [-0.3, -0.25) is 0 Å². The average molecular weight is 231 g/mol. The van der Waals surface area contributed by atoms with Crippen LogP contribution >= 0.6 is 11.6 Å². The predicted octanol–water partition coefficient (Wildman–Crippen LogP) is 0.904. The monoisotopic (exact) mass is 230 g/mol. The maximum absolute atomic E-state index is 10.4. The molecule has 0 fully saturated rings. The third-order valence-electron chi connectivity index (χ3n) is 2.03. The van der Waals surface area contributed by atoms with Crippen LogP contribution < -0.4 is 0 Å². The number of aliphatic hydroxyl groups excluding tert-OH is 2. The molecule has 0 aliphatic heterocycles. The van der Waals surface area contributed by atoms with Gasteiger partial charge in [-0.05, 0) is 11.1 Å². The molecule has 82 valence electrons. The standard InChI is InChI=1S/C10H11ClO4/c11-5-6-1-3-7(4-2-6)8(12)9(13)10(14)15/h1-4,8-9,12-13H,5H2,(H,14,15). The quantitative estimate of drug-likeness (QED) is 0.672. The minimum atomic E-state index is -1.81. The zero-order valence-corrected chi connectivity index (χ0v) is 8.55. The van der Waals surface area contributed by atoms with Gasteiger partial charge in [0.1, 0.15) is 6.10 Å². The van der Waals surface area contributed by atoms with Crippen molar-refractivity contribution < 1.29 is 20.1 Å². The highest BCUT2D eigenvalue weighted by Crippen LogP contribution is 2.18. The fourth-order valence-corrected chi connectivity index (χ4v) is 1.30. The van der Waals surface area contributed by atoms with Crippen molar-refractivity contribution in [3.63, 3.8) is 0 Å². The minimum Gasteiger partial charge on any atom is -0.479 e. The highest BCUT2D eigenvalue weighted by atomic mass is 35.5. The van der Waals surface area contributed by atoms with Crippen LogP contribution in [0.5, 0.6) is 0 Å². The molecule has 1 aromatic carbocycles. The van der Waals surface area contributed by atoms with Crippen molar-refractivity contribution in [2.45, 2.75) is 18.1 Å². The van der Waals surface area contributed by atoms with Gasteiger partial charge in [0.2, 0.25) is 0 Å². The molecule has 15 heavy (non-hydrogen) atoms. The first kappa shape index (κ1) is 12.0. The predicted molar refractivity (Wildman–Crippen MR) is 54.6 cm³/mol. The molecule has 5 heteroatoms. The molecule has 0 aliphatic rings. The summed E-state index contributed by atoms with van der Waals surface area (Å²) in [6.45, 7) is 0. The Labute approximate surface area is 91.7 Å². The largest absolute Gasteiger partial charge is 0.479 e. The van der Waals surface area contributed by atoms with Gasteiger partial charge in [-0.25, -0.2) is 4.79 Å². The second-order valence-corrected chi connectivity index (χ2v) is 3.37. The molecular formula is C10H11ClO4. The summed E-state index contributed by atoms with van der Waals surface area (Å²) in [6.07, 6.45) is -3.24. The molecule has 0 bridgehead atoms. The number of carboxylic acid groups (broad SMARTS) is 1. The fourth-order valence-electron chi connectivity index (χ4n) is 1.12. The summed E-state index contributed by atoms with van der Waals surface area (Å²) in [5.74, 6) is -1.11. The third kappa shape index (κ3) is 2.92. The Morgan fingerprint density at radius 3 is 2.20 bits per heavy atom. The Hall–Kier alpha value is -1.10. The van der Waals surface area contributed by atoms with Crippen LogP contribution in [0.4, 0.5) is 0 Å². The van der Waals surface area contributed by atoms with Crippen LogP contribution in [0.3, 0.4) is 0 Å². The van der Waals surface area contributed by atoms with Gasteiger partial charge < -0.3 is 15.3 Å². The molecule has 0 aromatic heterocycles. The Balaban J connectivity index is 2.82. The normalized spacial score (nSPS) is 14.6. The lowest BCUT2D eigenvalue weighted by molar-refractivity contribution is -0.153. The highest BCUT2D eigenvalue weighted by molar-refractivity contribution is 6.17. The van der Waals surface area contributed by atoms with E-state index in [0.717, 1.165) is 5.56 Å². The summed E-state index contributed by atoms with van der Waals surface area (Å²) in [5.41, 5.74) is 1.20. The van der Waals surface area contributed by atoms with Gasteiger partial charge in [0, 0.05) is 5.88 Å². The van der Waals surface area contributed by atoms with Crippen molar-refractivity contribution in [3.8, 4) is 0 Å². The number of aliphatic carboxylic acids is 1. The van der Waals surface area contributed by atoms with E-state index in [0.29, 0.717) is 11.4 Å². The summed E-state index contributed by atoms with van der Waals surface area (Å²) >= 11 is 5.57. The van der Waals surface area contributed by atoms with E-state index in [1.807, 2.05) is 0 Å². The number of carboxylic acids is 1. The first-order chi connectivity index (χ1) is 7.06. The Kier molecular flexibility index (Phi) is 4.08. The van der Waals surface area contributed by atoms with Crippen molar-refractivity contribution >= 4 is 17.6 Å². The van der Waals surface area contributed by atoms with Gasteiger partial charge in [-0.15, -0.1) is 11.6 Å². The van der Waals surface area contributed by atoms with E-state index in [2.05, 4.69) is 0 Å². The van der Waals surface area contributed by atoms with Crippen molar-refractivity contribution in [1.29, 1.82) is 0 Å². The molecule has 1 rings (SSSR count). The van der Waals surface area contributed by atoms with Crippen LogP contribution in [0.2, 0.25) is 0 Å². The number of aliphatic hydroxyl groups is 2. The second-order valence-electron chi connectivity index (χ2n) is 3.10. The summed E-state index contributed by atoms with van der Waals surface area (Å²) in [7, 11) is 0. The van der Waals surface area contributed by atoms with E-state index in [4.69, 9.17) is 21.8 Å². The molecule has 4 nitrogen and oxygen atoms in total. The third-order valence-corrected chi connectivity index (χ3v) is 2.34. The molecule has 0 spiro atoms. The number of rotatable bonds is 4. The SMILES string of the molecule is O=C(O)C(O)C(O)c1ccc(CCl)cc1. The number of alkyl halides is 1. The van der Waals surface area contributed by atoms with Crippen molar-refractivity contribution in [3.05, 3.63) is 35.4 Å². The molecule has 3 N–H and O–H groups in total. The zero-order chi connectivity index (χ0) is 11.4. The molecular weight excluding hydrogens is 220 g/mol. The average Bonchev–Trinajstić information content (AvgIpc) is 2.27. The van der Waals surface area contributed by atoms with Crippen molar-refractivity contribution in [2.75, 3.05) is 0 Å². The molecule has 0 radical (unpaired) electrons. The molecule has 0 saturated heterocycles. The maximum Gasteiger partial charge on any atom is 0.335 e. The van der Waals surface area contributed by atoms with Crippen LogP contribution in [0.15, 0.2) is 24.3 Å². The number of hydrogen-bond acceptors (Lipinski definition) is 3. The Morgan fingerprint density at radius 2 is 1.80 bits per heavy atom. The van der Waals surface area contributed by atoms with Gasteiger partial charge in [0.05, 0.1) is 0 Å². The maximum atomic E-state index is 10.4. The lowest BCUT2D eigenvalue weighted by Gasteiger charge is -2.14. The second kappa shape index (κ2) is 5.11. The van der Waals surface area contributed by atoms with E-state index in [-0.39, 0.29) is 0 Å². The summed E-state index contributed by atoms with van der Waals surface area (Å²) < 4.78 is 0. The van der Waals surface area contributed by atoms with Crippen LogP contribution in [-0.2, 0) is 10.7 Å². The van der Waals surface area contributed by atoms with Crippen LogP contribution in [0.1, 0.15) is 17.2 Å². The molecule has 0 heterocycles.